The smallest absolute Gasteiger partial charge is 0.221 e. The second-order valence-corrected chi connectivity index (χ2v) is 10.4. The number of anilines is 2. The Labute approximate surface area is 218 Å². The molecule has 1 saturated heterocycles. The molecule has 3 aromatic rings. The van der Waals surface area contributed by atoms with E-state index in [2.05, 4.69) is 60.5 Å². The number of benzene rings is 2. The Morgan fingerprint density at radius 3 is 2.49 bits per heavy atom. The molecule has 1 aliphatic heterocycles. The van der Waals surface area contributed by atoms with Gasteiger partial charge in [0.2, 0.25) is 5.91 Å². The van der Waals surface area contributed by atoms with Crippen LogP contribution in [0, 0.1) is 16.7 Å². The van der Waals surface area contributed by atoms with Crippen LogP contribution in [0.1, 0.15) is 39.7 Å². The molecule has 2 aromatic carbocycles. The summed E-state index contributed by atoms with van der Waals surface area (Å²) >= 11 is 0. The number of hydrogen-bond acceptors (Lipinski definition) is 5. The lowest BCUT2D eigenvalue weighted by molar-refractivity contribution is -0.114. The number of nitrogens with one attached hydrogen (secondary N) is 1. The number of para-hydroxylation sites is 1. The van der Waals surface area contributed by atoms with Gasteiger partial charge in [0.25, 0.3) is 0 Å². The van der Waals surface area contributed by atoms with Crippen LogP contribution in [0.15, 0.2) is 66.9 Å². The average Bonchev–Trinajstić information content (AvgIpc) is 2.88. The van der Waals surface area contributed by atoms with Gasteiger partial charge in [-0.1, -0.05) is 48.6 Å². The number of amides is 1. The first-order valence-corrected chi connectivity index (χ1v) is 12.8. The summed E-state index contributed by atoms with van der Waals surface area (Å²) in [6.45, 7) is 9.39. The molecular weight excluding hydrogens is 460 g/mol. The molecule has 6 nitrogen and oxygen atoms in total. The number of ether oxygens (including phenoxy) is 1. The van der Waals surface area contributed by atoms with E-state index in [0.717, 1.165) is 57.6 Å². The highest BCUT2D eigenvalue weighted by Crippen LogP contribution is 2.39. The molecule has 1 N–H and O–H groups in total. The molecule has 1 amide bonds. The first-order chi connectivity index (χ1) is 17.8. The molecule has 6 heteroatoms. The van der Waals surface area contributed by atoms with Crippen molar-refractivity contribution in [1.82, 2.24) is 4.98 Å². The third kappa shape index (κ3) is 5.00. The van der Waals surface area contributed by atoms with Gasteiger partial charge in [-0.15, -0.1) is 0 Å². The summed E-state index contributed by atoms with van der Waals surface area (Å²) in [5.74, 6) is -0.131. The van der Waals surface area contributed by atoms with Crippen LogP contribution in [-0.2, 0) is 9.53 Å². The largest absolute Gasteiger partial charge is 0.372 e. The minimum Gasteiger partial charge on any atom is -0.372 e. The number of carbonyl (C=O) groups excluding carboxylic acids is 1. The van der Waals surface area contributed by atoms with E-state index in [9.17, 15) is 10.1 Å². The van der Waals surface area contributed by atoms with Gasteiger partial charge >= 0.3 is 0 Å². The van der Waals surface area contributed by atoms with Gasteiger partial charge in [-0.3, -0.25) is 9.78 Å². The van der Waals surface area contributed by atoms with E-state index in [4.69, 9.17) is 9.72 Å². The molecule has 1 aromatic heterocycles. The normalized spacial score (nSPS) is 23.4. The molecule has 1 fully saturated rings. The number of carbonyl (C=O) groups is 1. The molecule has 37 heavy (non-hydrogen) atoms. The zero-order valence-corrected chi connectivity index (χ0v) is 21.8. The second-order valence-electron chi connectivity index (χ2n) is 10.4. The summed E-state index contributed by atoms with van der Waals surface area (Å²) in [5.41, 5.74) is 6.12. The fraction of sp³-hybridized carbons (Fsp3) is 0.323. The number of allylic oxidation sites excluding steroid dienone is 4. The van der Waals surface area contributed by atoms with E-state index >= 15 is 0 Å². The van der Waals surface area contributed by atoms with Crippen LogP contribution < -0.4 is 10.2 Å². The number of nitrogens with zero attached hydrogens (tertiary/aromatic N) is 3. The monoisotopic (exact) mass is 492 g/mol. The number of fused-ring (bicyclic) bond motifs is 1. The number of pyridine rings is 1. The van der Waals surface area contributed by atoms with E-state index < -0.39 is 5.41 Å². The first-order valence-electron chi connectivity index (χ1n) is 12.8. The standard InChI is InChI=1S/C31H32N4O2/c1-20-17-35(18-21(2)37-20)25-10-8-23(9-11-25)28-16-33-29-26(24-12-14-31(4,19-32)15-13-24)6-5-7-27(29)30(28)34-22(3)36/h5-14,16,20-21H,15,17-18H2,1-4H3,(H,33,34,36)/t20-,21+,31?. The topological polar surface area (TPSA) is 78.2 Å². The van der Waals surface area contributed by atoms with E-state index in [1.165, 1.54) is 6.92 Å². The van der Waals surface area contributed by atoms with E-state index in [1.807, 2.05) is 43.5 Å². The third-order valence-corrected chi connectivity index (χ3v) is 7.10. The Hall–Kier alpha value is -3.95. The maximum atomic E-state index is 12.3. The molecule has 188 valence electrons. The molecular formula is C31H32N4O2. The Morgan fingerprint density at radius 2 is 1.86 bits per heavy atom. The van der Waals surface area contributed by atoms with E-state index in [1.54, 1.807) is 0 Å². The maximum Gasteiger partial charge on any atom is 0.221 e. The number of rotatable bonds is 4. The van der Waals surface area contributed by atoms with Crippen molar-refractivity contribution in [2.24, 2.45) is 5.41 Å². The van der Waals surface area contributed by atoms with Crippen LogP contribution in [-0.4, -0.2) is 36.2 Å². The number of aromatic nitrogens is 1. The predicted octanol–water partition coefficient (Wildman–Crippen LogP) is 6.35. The maximum absolute atomic E-state index is 12.3. The van der Waals surface area contributed by atoms with Crippen LogP contribution in [0.5, 0.6) is 0 Å². The Bertz CT molecular complexity index is 1440. The number of nitriles is 1. The van der Waals surface area contributed by atoms with E-state index in [-0.39, 0.29) is 18.1 Å². The Morgan fingerprint density at radius 1 is 1.14 bits per heavy atom. The van der Waals surface area contributed by atoms with Crippen molar-refractivity contribution in [3.63, 3.8) is 0 Å². The van der Waals surface area contributed by atoms with Crippen molar-refractivity contribution < 1.29 is 9.53 Å². The molecule has 1 aliphatic carbocycles. The molecule has 3 atom stereocenters. The van der Waals surface area contributed by atoms with Crippen LogP contribution in [0.4, 0.5) is 11.4 Å². The van der Waals surface area contributed by atoms with Gasteiger partial charge < -0.3 is 15.0 Å². The van der Waals surface area contributed by atoms with Crippen molar-refractivity contribution in [2.45, 2.75) is 46.3 Å². The van der Waals surface area contributed by atoms with Crippen molar-refractivity contribution in [2.75, 3.05) is 23.3 Å². The van der Waals surface area contributed by atoms with Gasteiger partial charge in [-0.05, 0) is 50.5 Å². The second kappa shape index (κ2) is 9.84. The van der Waals surface area contributed by atoms with Gasteiger partial charge in [0.15, 0.2) is 0 Å². The van der Waals surface area contributed by atoms with Crippen molar-refractivity contribution in [3.8, 4) is 17.2 Å². The molecule has 0 bridgehead atoms. The molecule has 0 radical (unpaired) electrons. The highest BCUT2D eigenvalue weighted by atomic mass is 16.5. The molecule has 5 rings (SSSR count). The molecule has 0 saturated carbocycles. The fourth-order valence-electron chi connectivity index (χ4n) is 5.24. The predicted molar refractivity (Wildman–Crippen MR) is 149 cm³/mol. The van der Waals surface area contributed by atoms with E-state index in [0.29, 0.717) is 6.42 Å². The van der Waals surface area contributed by atoms with Gasteiger partial charge in [0.05, 0.1) is 34.9 Å². The molecule has 2 heterocycles. The zero-order chi connectivity index (χ0) is 26.2. The Balaban J connectivity index is 1.54. The quantitative estimate of drug-likeness (QED) is 0.459. The Kier molecular flexibility index (Phi) is 6.57. The van der Waals surface area contributed by atoms with Gasteiger partial charge in [0.1, 0.15) is 0 Å². The summed E-state index contributed by atoms with van der Waals surface area (Å²) in [6, 6.07) is 16.8. The molecule has 2 aliphatic rings. The summed E-state index contributed by atoms with van der Waals surface area (Å²) in [4.78, 5) is 19.5. The first kappa shape index (κ1) is 24.7. The van der Waals surface area contributed by atoms with Gasteiger partial charge in [-0.25, -0.2) is 0 Å². The lowest BCUT2D eigenvalue weighted by Crippen LogP contribution is -2.45. The van der Waals surface area contributed by atoms with Crippen LogP contribution in [0.3, 0.4) is 0 Å². The summed E-state index contributed by atoms with van der Waals surface area (Å²) in [7, 11) is 0. The lowest BCUT2D eigenvalue weighted by atomic mass is 9.82. The average molecular weight is 493 g/mol. The minimum absolute atomic E-state index is 0.131. The van der Waals surface area contributed by atoms with Crippen LogP contribution >= 0.6 is 0 Å². The van der Waals surface area contributed by atoms with Crippen LogP contribution in [0.2, 0.25) is 0 Å². The van der Waals surface area contributed by atoms with Crippen molar-refractivity contribution in [3.05, 3.63) is 72.5 Å². The third-order valence-electron chi connectivity index (χ3n) is 7.10. The molecule has 1 unspecified atom stereocenters. The summed E-state index contributed by atoms with van der Waals surface area (Å²) < 4.78 is 5.88. The summed E-state index contributed by atoms with van der Waals surface area (Å²) in [6.07, 6.45) is 8.93. The van der Waals surface area contributed by atoms with Crippen LogP contribution in [0.25, 0.3) is 27.6 Å². The number of hydrogen-bond donors (Lipinski definition) is 1. The lowest BCUT2D eigenvalue weighted by Gasteiger charge is -2.36. The van der Waals surface area contributed by atoms with Crippen molar-refractivity contribution >= 4 is 33.8 Å². The minimum atomic E-state index is -0.487. The highest BCUT2D eigenvalue weighted by Gasteiger charge is 2.24. The SMILES string of the molecule is CC(=O)Nc1c(-c2ccc(N3C[C@@H](C)O[C@@H](C)C3)cc2)cnc2c(C3=CCC(C)(C#N)C=C3)cccc12. The molecule has 0 spiro atoms. The number of morpholine rings is 1. The summed E-state index contributed by atoms with van der Waals surface area (Å²) in [5, 5.41) is 13.4. The van der Waals surface area contributed by atoms with Gasteiger partial charge in [-0.2, -0.15) is 5.26 Å². The fourth-order valence-corrected chi connectivity index (χ4v) is 5.24. The highest BCUT2D eigenvalue weighted by molar-refractivity contribution is 6.09. The van der Waals surface area contributed by atoms with Crippen molar-refractivity contribution in [1.29, 1.82) is 5.26 Å². The van der Waals surface area contributed by atoms with Gasteiger partial charge in [0, 0.05) is 48.4 Å². The zero-order valence-electron chi connectivity index (χ0n) is 21.8.